The van der Waals surface area contributed by atoms with Gasteiger partial charge >= 0.3 is 0 Å². The molecule has 1 saturated heterocycles. The minimum absolute atomic E-state index is 0.634. The van der Waals surface area contributed by atoms with Crippen LogP contribution in [0.5, 0.6) is 0 Å². The molecule has 3 rings (SSSR count). The lowest BCUT2D eigenvalue weighted by Gasteiger charge is -2.36. The summed E-state index contributed by atoms with van der Waals surface area (Å²) in [5.74, 6) is 1.57. The third-order valence-electron chi connectivity index (χ3n) is 5.55. The van der Waals surface area contributed by atoms with Crippen molar-refractivity contribution >= 4 is 11.4 Å². The molecule has 1 aliphatic carbocycles. The minimum atomic E-state index is 0.634. The Hall–Kier alpha value is -1.18. The molecule has 2 fully saturated rings. The molecule has 0 aromatic heterocycles. The molecular formula is C19H30N2. The van der Waals surface area contributed by atoms with Crippen LogP contribution in [0.1, 0.15) is 51.5 Å². The average Bonchev–Trinajstić information content (AvgIpc) is 2.98. The van der Waals surface area contributed by atoms with E-state index >= 15 is 0 Å². The third kappa shape index (κ3) is 3.20. The fourth-order valence-electron chi connectivity index (χ4n) is 4.13. The van der Waals surface area contributed by atoms with Crippen molar-refractivity contribution in [3.05, 3.63) is 23.8 Å². The van der Waals surface area contributed by atoms with Crippen LogP contribution in [0.4, 0.5) is 11.4 Å². The Balaban J connectivity index is 1.73. The van der Waals surface area contributed by atoms with E-state index < -0.39 is 0 Å². The molecule has 2 aliphatic rings. The topological polar surface area (TPSA) is 15.3 Å². The first-order valence-corrected chi connectivity index (χ1v) is 8.77. The van der Waals surface area contributed by atoms with Gasteiger partial charge in [-0.05, 0) is 68.2 Å². The first kappa shape index (κ1) is 14.7. The van der Waals surface area contributed by atoms with Gasteiger partial charge in [0.2, 0.25) is 0 Å². The molecule has 2 nitrogen and oxygen atoms in total. The molecule has 0 radical (unpaired) electrons. The van der Waals surface area contributed by atoms with Crippen molar-refractivity contribution in [1.29, 1.82) is 0 Å². The molecule has 1 aliphatic heterocycles. The Bertz CT molecular complexity index is 466. The lowest BCUT2D eigenvalue weighted by Crippen LogP contribution is -2.37. The van der Waals surface area contributed by atoms with E-state index in [4.69, 9.17) is 0 Å². The van der Waals surface area contributed by atoms with E-state index in [-0.39, 0.29) is 0 Å². The standard InChI is InChI=1S/C19H30N2/c1-14-7-6-8-15(2)19(14)20-18-10-9-17(13-16(18)3)21-11-4-5-12-21/h9-10,13-15,19-20H,4-8,11-12H2,1-3H3. The van der Waals surface area contributed by atoms with Crippen LogP contribution in [-0.4, -0.2) is 19.1 Å². The zero-order valence-corrected chi connectivity index (χ0v) is 13.9. The minimum Gasteiger partial charge on any atom is -0.382 e. The van der Waals surface area contributed by atoms with Gasteiger partial charge in [0.15, 0.2) is 0 Å². The van der Waals surface area contributed by atoms with E-state index in [2.05, 4.69) is 49.2 Å². The van der Waals surface area contributed by atoms with E-state index in [1.165, 1.54) is 62.1 Å². The highest BCUT2D eigenvalue weighted by Gasteiger charge is 2.27. The predicted molar refractivity (Wildman–Crippen MR) is 92.2 cm³/mol. The highest BCUT2D eigenvalue weighted by Crippen LogP contribution is 2.33. The second kappa shape index (κ2) is 6.29. The Morgan fingerprint density at radius 2 is 1.67 bits per heavy atom. The summed E-state index contributed by atoms with van der Waals surface area (Å²) in [6, 6.07) is 7.61. The van der Waals surface area contributed by atoms with Gasteiger partial charge in [-0.2, -0.15) is 0 Å². The number of nitrogens with zero attached hydrogens (tertiary/aromatic N) is 1. The van der Waals surface area contributed by atoms with Crippen LogP contribution >= 0.6 is 0 Å². The summed E-state index contributed by atoms with van der Waals surface area (Å²) in [7, 11) is 0. The van der Waals surface area contributed by atoms with Gasteiger partial charge in [0.1, 0.15) is 0 Å². The van der Waals surface area contributed by atoms with Crippen LogP contribution in [0, 0.1) is 18.8 Å². The quantitative estimate of drug-likeness (QED) is 0.856. The molecule has 1 saturated carbocycles. The fraction of sp³-hybridized carbons (Fsp3) is 0.684. The maximum Gasteiger partial charge on any atom is 0.0373 e. The van der Waals surface area contributed by atoms with Crippen molar-refractivity contribution in [2.75, 3.05) is 23.3 Å². The van der Waals surface area contributed by atoms with Crippen molar-refractivity contribution in [1.82, 2.24) is 0 Å². The van der Waals surface area contributed by atoms with Gasteiger partial charge in [0, 0.05) is 30.5 Å². The summed E-state index contributed by atoms with van der Waals surface area (Å²) in [5.41, 5.74) is 4.13. The Kier molecular flexibility index (Phi) is 4.42. The van der Waals surface area contributed by atoms with Gasteiger partial charge < -0.3 is 10.2 Å². The smallest absolute Gasteiger partial charge is 0.0373 e. The fourth-order valence-corrected chi connectivity index (χ4v) is 4.13. The van der Waals surface area contributed by atoms with Crippen LogP contribution in [0.3, 0.4) is 0 Å². The van der Waals surface area contributed by atoms with Crippen molar-refractivity contribution in [3.63, 3.8) is 0 Å². The van der Waals surface area contributed by atoms with Gasteiger partial charge in [-0.1, -0.05) is 20.3 Å². The number of rotatable bonds is 3. The van der Waals surface area contributed by atoms with Gasteiger partial charge in [-0.3, -0.25) is 0 Å². The molecule has 21 heavy (non-hydrogen) atoms. The molecule has 0 spiro atoms. The summed E-state index contributed by atoms with van der Waals surface area (Å²) >= 11 is 0. The molecule has 0 amide bonds. The van der Waals surface area contributed by atoms with Gasteiger partial charge in [-0.25, -0.2) is 0 Å². The van der Waals surface area contributed by atoms with E-state index in [9.17, 15) is 0 Å². The first-order valence-electron chi connectivity index (χ1n) is 8.77. The third-order valence-corrected chi connectivity index (χ3v) is 5.55. The van der Waals surface area contributed by atoms with Crippen LogP contribution in [-0.2, 0) is 0 Å². The molecule has 0 bridgehead atoms. The van der Waals surface area contributed by atoms with E-state index in [0.717, 1.165) is 11.8 Å². The Morgan fingerprint density at radius 3 is 2.29 bits per heavy atom. The molecule has 116 valence electrons. The van der Waals surface area contributed by atoms with Crippen LogP contribution in [0.15, 0.2) is 18.2 Å². The molecule has 2 unspecified atom stereocenters. The summed E-state index contributed by atoms with van der Waals surface area (Å²) in [6.07, 6.45) is 6.82. The maximum atomic E-state index is 3.85. The largest absolute Gasteiger partial charge is 0.382 e. The Morgan fingerprint density at radius 1 is 1.00 bits per heavy atom. The highest BCUT2D eigenvalue weighted by atomic mass is 15.1. The van der Waals surface area contributed by atoms with Gasteiger partial charge in [0.25, 0.3) is 0 Å². The summed E-state index contributed by atoms with van der Waals surface area (Å²) in [4.78, 5) is 2.52. The Labute approximate surface area is 129 Å². The zero-order valence-electron chi connectivity index (χ0n) is 13.9. The second-order valence-corrected chi connectivity index (χ2v) is 7.25. The number of hydrogen-bond donors (Lipinski definition) is 1. The number of benzene rings is 1. The number of nitrogens with one attached hydrogen (secondary N) is 1. The van der Waals surface area contributed by atoms with Crippen molar-refractivity contribution in [2.45, 2.75) is 58.9 Å². The van der Waals surface area contributed by atoms with Crippen LogP contribution < -0.4 is 10.2 Å². The van der Waals surface area contributed by atoms with Gasteiger partial charge in [-0.15, -0.1) is 0 Å². The zero-order chi connectivity index (χ0) is 14.8. The molecule has 1 N–H and O–H groups in total. The van der Waals surface area contributed by atoms with Crippen molar-refractivity contribution in [3.8, 4) is 0 Å². The summed E-state index contributed by atoms with van der Waals surface area (Å²) in [5, 5.41) is 3.85. The molecule has 2 heteroatoms. The number of aryl methyl sites for hydroxylation is 1. The number of anilines is 2. The number of hydrogen-bond acceptors (Lipinski definition) is 2. The monoisotopic (exact) mass is 286 g/mol. The highest BCUT2D eigenvalue weighted by molar-refractivity contribution is 5.61. The second-order valence-electron chi connectivity index (χ2n) is 7.25. The van der Waals surface area contributed by atoms with Crippen LogP contribution in [0.2, 0.25) is 0 Å². The SMILES string of the molecule is Cc1cc(N2CCCC2)ccc1NC1C(C)CCCC1C. The van der Waals surface area contributed by atoms with Crippen molar-refractivity contribution in [2.24, 2.45) is 11.8 Å². The normalized spacial score (nSPS) is 29.7. The maximum absolute atomic E-state index is 3.85. The lowest BCUT2D eigenvalue weighted by molar-refractivity contribution is 0.268. The molecule has 2 atom stereocenters. The molecule has 1 aromatic carbocycles. The van der Waals surface area contributed by atoms with Gasteiger partial charge in [0.05, 0.1) is 0 Å². The van der Waals surface area contributed by atoms with E-state index in [1.54, 1.807) is 0 Å². The van der Waals surface area contributed by atoms with E-state index in [1.807, 2.05) is 0 Å². The van der Waals surface area contributed by atoms with Crippen molar-refractivity contribution < 1.29 is 0 Å². The summed E-state index contributed by atoms with van der Waals surface area (Å²) in [6.45, 7) is 9.51. The van der Waals surface area contributed by atoms with E-state index in [0.29, 0.717) is 6.04 Å². The molecule has 1 heterocycles. The lowest BCUT2D eigenvalue weighted by atomic mass is 9.78. The molecule has 1 aromatic rings. The first-order chi connectivity index (χ1) is 10.1. The summed E-state index contributed by atoms with van der Waals surface area (Å²) < 4.78 is 0. The molecular weight excluding hydrogens is 256 g/mol. The average molecular weight is 286 g/mol. The van der Waals surface area contributed by atoms with Crippen LogP contribution in [0.25, 0.3) is 0 Å². The predicted octanol–water partition coefficient (Wildman–Crippen LogP) is 4.83.